The molecule has 0 aromatic carbocycles. The van der Waals surface area contributed by atoms with Crippen LogP contribution < -0.4 is 0 Å². The molecule has 1 nitrogen and oxygen atoms in total. The second kappa shape index (κ2) is 22.0. The van der Waals surface area contributed by atoms with Crippen molar-refractivity contribution in [2.75, 3.05) is 0 Å². The first kappa shape index (κ1) is 26.3. The minimum Gasteiger partial charge on any atom is -0.354 e. The van der Waals surface area contributed by atoms with Crippen molar-refractivity contribution in [3.05, 3.63) is 24.5 Å². The van der Waals surface area contributed by atoms with Crippen LogP contribution in [0.1, 0.15) is 148 Å². The summed E-state index contributed by atoms with van der Waals surface area (Å²) in [6, 6.07) is 4.25. The van der Waals surface area contributed by atoms with Gasteiger partial charge in [0.15, 0.2) is 0 Å². The molecule has 1 heteroatoms. The summed E-state index contributed by atoms with van der Waals surface area (Å²) < 4.78 is 2.30. The SMILES string of the molecule is CCCCCCCCCCCCCCCCCCCCCCCCn1cccc1. The molecule has 1 aromatic heterocycles. The monoisotopic (exact) mass is 403 g/mol. The van der Waals surface area contributed by atoms with Gasteiger partial charge in [-0.3, -0.25) is 0 Å². The van der Waals surface area contributed by atoms with Crippen LogP contribution in [0, 0.1) is 0 Å². The Morgan fingerprint density at radius 3 is 0.966 bits per heavy atom. The Hall–Kier alpha value is -0.720. The predicted molar refractivity (Wildman–Crippen MR) is 132 cm³/mol. The minimum absolute atomic E-state index is 1.20. The van der Waals surface area contributed by atoms with Gasteiger partial charge >= 0.3 is 0 Å². The Balaban J connectivity index is 1.63. The average molecular weight is 404 g/mol. The first-order valence-corrected chi connectivity index (χ1v) is 13.5. The number of aromatic nitrogens is 1. The molecular formula is C28H53N. The molecule has 0 aliphatic heterocycles. The van der Waals surface area contributed by atoms with Gasteiger partial charge in [0.25, 0.3) is 0 Å². The van der Waals surface area contributed by atoms with Gasteiger partial charge in [0, 0.05) is 18.9 Å². The van der Waals surface area contributed by atoms with Crippen molar-refractivity contribution in [2.24, 2.45) is 0 Å². The summed E-state index contributed by atoms with van der Waals surface area (Å²) in [4.78, 5) is 0. The van der Waals surface area contributed by atoms with E-state index in [1.165, 1.54) is 148 Å². The van der Waals surface area contributed by atoms with Crippen LogP contribution in [0.2, 0.25) is 0 Å². The fourth-order valence-electron chi connectivity index (χ4n) is 4.42. The molecule has 0 aliphatic rings. The van der Waals surface area contributed by atoms with E-state index in [0.717, 1.165) is 0 Å². The van der Waals surface area contributed by atoms with Crippen molar-refractivity contribution in [1.29, 1.82) is 0 Å². The maximum atomic E-state index is 2.30. The highest BCUT2D eigenvalue weighted by Crippen LogP contribution is 2.15. The normalized spacial score (nSPS) is 11.3. The molecule has 0 N–H and O–H groups in total. The molecular weight excluding hydrogens is 350 g/mol. The van der Waals surface area contributed by atoms with Gasteiger partial charge in [0.05, 0.1) is 0 Å². The van der Waals surface area contributed by atoms with Crippen molar-refractivity contribution in [1.82, 2.24) is 4.57 Å². The van der Waals surface area contributed by atoms with Gasteiger partial charge < -0.3 is 4.57 Å². The summed E-state index contributed by atoms with van der Waals surface area (Å²) in [5.74, 6) is 0. The fourth-order valence-corrected chi connectivity index (χ4v) is 4.42. The van der Waals surface area contributed by atoms with Crippen LogP contribution in [0.3, 0.4) is 0 Å². The molecule has 0 unspecified atom stereocenters. The number of unbranched alkanes of at least 4 members (excludes halogenated alkanes) is 21. The Morgan fingerprint density at radius 1 is 0.379 bits per heavy atom. The van der Waals surface area contributed by atoms with Gasteiger partial charge in [-0.25, -0.2) is 0 Å². The lowest BCUT2D eigenvalue weighted by molar-refractivity contribution is 0.515. The quantitative estimate of drug-likeness (QED) is 0.160. The molecule has 29 heavy (non-hydrogen) atoms. The molecule has 0 aliphatic carbocycles. The average Bonchev–Trinajstić information content (AvgIpc) is 3.25. The van der Waals surface area contributed by atoms with Crippen LogP contribution in [-0.4, -0.2) is 4.57 Å². The summed E-state index contributed by atoms with van der Waals surface area (Å²) >= 11 is 0. The van der Waals surface area contributed by atoms with Crippen LogP contribution in [0.25, 0.3) is 0 Å². The third-order valence-electron chi connectivity index (χ3n) is 6.44. The summed E-state index contributed by atoms with van der Waals surface area (Å²) in [5.41, 5.74) is 0. The van der Waals surface area contributed by atoms with Crippen LogP contribution in [0.4, 0.5) is 0 Å². The number of nitrogens with zero attached hydrogens (tertiary/aromatic N) is 1. The van der Waals surface area contributed by atoms with Crippen molar-refractivity contribution >= 4 is 0 Å². The molecule has 0 saturated carbocycles. The van der Waals surface area contributed by atoms with Crippen LogP contribution in [0.5, 0.6) is 0 Å². The second-order valence-electron chi connectivity index (χ2n) is 9.35. The fraction of sp³-hybridized carbons (Fsp3) is 0.857. The zero-order valence-corrected chi connectivity index (χ0v) is 20.0. The standard InChI is InChI=1S/C28H53N/c1-2-3-4-5-6-7-8-9-10-11-12-13-14-15-16-17-18-19-20-21-22-23-26-29-27-24-25-28-29/h24-25,27-28H,2-23,26H2,1H3. The summed E-state index contributed by atoms with van der Waals surface area (Å²) in [5, 5.41) is 0. The van der Waals surface area contributed by atoms with E-state index in [4.69, 9.17) is 0 Å². The third kappa shape index (κ3) is 19.0. The smallest absolute Gasteiger partial charge is 0.0219 e. The van der Waals surface area contributed by atoms with E-state index < -0.39 is 0 Å². The highest BCUT2D eigenvalue weighted by molar-refractivity contribution is 4.89. The van der Waals surface area contributed by atoms with E-state index in [9.17, 15) is 0 Å². The second-order valence-corrected chi connectivity index (χ2v) is 9.35. The van der Waals surface area contributed by atoms with Gasteiger partial charge in [0.1, 0.15) is 0 Å². The van der Waals surface area contributed by atoms with Crippen LogP contribution in [-0.2, 0) is 6.54 Å². The van der Waals surface area contributed by atoms with Crippen molar-refractivity contribution in [3.8, 4) is 0 Å². The molecule has 0 saturated heterocycles. The van der Waals surface area contributed by atoms with E-state index in [1.54, 1.807) is 0 Å². The molecule has 0 atom stereocenters. The number of hydrogen-bond acceptors (Lipinski definition) is 0. The molecule has 0 radical (unpaired) electrons. The molecule has 1 rings (SSSR count). The van der Waals surface area contributed by atoms with E-state index in [-0.39, 0.29) is 0 Å². The first-order valence-electron chi connectivity index (χ1n) is 13.5. The first-order chi connectivity index (χ1) is 14.4. The third-order valence-corrected chi connectivity index (χ3v) is 6.44. The number of aryl methyl sites for hydroxylation is 1. The Morgan fingerprint density at radius 2 is 0.655 bits per heavy atom. The largest absolute Gasteiger partial charge is 0.354 e. The lowest BCUT2D eigenvalue weighted by Gasteiger charge is -2.04. The Bertz CT molecular complexity index is 394. The lowest BCUT2D eigenvalue weighted by atomic mass is 10.0. The lowest BCUT2D eigenvalue weighted by Crippen LogP contribution is -1.93. The Labute approximate surface area is 184 Å². The maximum absolute atomic E-state index is 2.30. The predicted octanol–water partition coefficient (Wildman–Crippen LogP) is 10.1. The van der Waals surface area contributed by atoms with Crippen LogP contribution >= 0.6 is 0 Å². The zero-order valence-electron chi connectivity index (χ0n) is 20.0. The molecule has 1 heterocycles. The molecule has 0 fully saturated rings. The van der Waals surface area contributed by atoms with E-state index in [1.807, 2.05) is 0 Å². The zero-order chi connectivity index (χ0) is 20.7. The van der Waals surface area contributed by atoms with Gasteiger partial charge in [-0.05, 0) is 18.6 Å². The van der Waals surface area contributed by atoms with E-state index in [2.05, 4.69) is 36.0 Å². The van der Waals surface area contributed by atoms with Gasteiger partial charge in [-0.1, -0.05) is 142 Å². The molecule has 0 bridgehead atoms. The molecule has 0 spiro atoms. The summed E-state index contributed by atoms with van der Waals surface area (Å²) in [6.45, 7) is 3.50. The summed E-state index contributed by atoms with van der Waals surface area (Å²) in [7, 11) is 0. The van der Waals surface area contributed by atoms with Crippen molar-refractivity contribution < 1.29 is 0 Å². The van der Waals surface area contributed by atoms with E-state index in [0.29, 0.717) is 0 Å². The van der Waals surface area contributed by atoms with Crippen LogP contribution in [0.15, 0.2) is 24.5 Å². The van der Waals surface area contributed by atoms with Crippen molar-refractivity contribution in [3.63, 3.8) is 0 Å². The molecule has 1 aromatic rings. The highest BCUT2D eigenvalue weighted by atomic mass is 14.9. The van der Waals surface area contributed by atoms with Gasteiger partial charge in [0.2, 0.25) is 0 Å². The molecule has 0 amide bonds. The summed E-state index contributed by atoms with van der Waals surface area (Å²) in [6.07, 6.45) is 36.4. The maximum Gasteiger partial charge on any atom is 0.0219 e. The Kier molecular flexibility index (Phi) is 19.9. The number of rotatable bonds is 23. The topological polar surface area (TPSA) is 4.93 Å². The molecule has 170 valence electrons. The highest BCUT2D eigenvalue weighted by Gasteiger charge is 1.96. The van der Waals surface area contributed by atoms with Gasteiger partial charge in [-0.15, -0.1) is 0 Å². The van der Waals surface area contributed by atoms with Gasteiger partial charge in [-0.2, -0.15) is 0 Å². The van der Waals surface area contributed by atoms with Crippen molar-refractivity contribution in [2.45, 2.75) is 155 Å². The van der Waals surface area contributed by atoms with E-state index >= 15 is 0 Å². The number of hydrogen-bond donors (Lipinski definition) is 0. The minimum atomic E-state index is 1.20.